The SMILES string of the molecule is C[C@H]1C/C=C/Cc2cccc(O[Si](C)(C)C(C)(C)C)c2C(=O)O[C@@H](C/C=C/C(=O)O)C[C@H]1OC(=O)c1ccccc1. The number of cyclic esters (lactones) is 1. The predicted octanol–water partition coefficient (Wildman–Crippen LogP) is 7.38. The number of fused-ring (bicyclic) bond motifs is 1. The Balaban J connectivity index is 2.00. The highest BCUT2D eigenvalue weighted by Gasteiger charge is 2.40. The molecule has 0 fully saturated rings. The summed E-state index contributed by atoms with van der Waals surface area (Å²) in [6.07, 6.45) is 6.77. The van der Waals surface area contributed by atoms with E-state index < -0.39 is 38.4 Å². The van der Waals surface area contributed by atoms with Crippen LogP contribution in [0.4, 0.5) is 0 Å². The molecular formula is C33H42O7Si. The summed E-state index contributed by atoms with van der Waals surface area (Å²) in [6, 6.07) is 14.3. The molecule has 41 heavy (non-hydrogen) atoms. The van der Waals surface area contributed by atoms with Crippen molar-refractivity contribution in [2.75, 3.05) is 0 Å². The molecule has 0 bridgehead atoms. The number of esters is 2. The van der Waals surface area contributed by atoms with Gasteiger partial charge in [-0.25, -0.2) is 14.4 Å². The summed E-state index contributed by atoms with van der Waals surface area (Å²) in [5.74, 6) is -1.68. The van der Waals surface area contributed by atoms with Crippen molar-refractivity contribution < 1.29 is 33.4 Å². The van der Waals surface area contributed by atoms with Crippen LogP contribution in [-0.2, 0) is 20.7 Å². The summed E-state index contributed by atoms with van der Waals surface area (Å²) in [5, 5.41) is 9.06. The van der Waals surface area contributed by atoms with E-state index in [1.807, 2.05) is 43.3 Å². The molecule has 0 aromatic heterocycles. The van der Waals surface area contributed by atoms with Crippen LogP contribution in [0.2, 0.25) is 18.1 Å². The number of hydrogen-bond donors (Lipinski definition) is 1. The molecule has 0 saturated heterocycles. The van der Waals surface area contributed by atoms with Gasteiger partial charge in [-0.1, -0.05) is 76.3 Å². The van der Waals surface area contributed by atoms with Crippen LogP contribution in [0.25, 0.3) is 0 Å². The fourth-order valence-corrected chi connectivity index (χ4v) is 5.35. The van der Waals surface area contributed by atoms with Crippen molar-refractivity contribution in [3.8, 4) is 5.75 Å². The minimum absolute atomic E-state index is 0.0734. The largest absolute Gasteiger partial charge is 0.543 e. The van der Waals surface area contributed by atoms with Gasteiger partial charge in [0, 0.05) is 18.9 Å². The van der Waals surface area contributed by atoms with E-state index in [2.05, 4.69) is 33.9 Å². The zero-order chi connectivity index (χ0) is 30.2. The lowest BCUT2D eigenvalue weighted by molar-refractivity contribution is -0.131. The molecule has 2 aromatic carbocycles. The summed E-state index contributed by atoms with van der Waals surface area (Å²) >= 11 is 0. The lowest BCUT2D eigenvalue weighted by atomic mass is 9.93. The smallest absolute Gasteiger partial charge is 0.342 e. The van der Waals surface area contributed by atoms with Gasteiger partial charge in [-0.2, -0.15) is 0 Å². The number of carboxylic acids is 1. The maximum Gasteiger partial charge on any atom is 0.342 e. The summed E-state index contributed by atoms with van der Waals surface area (Å²) in [4.78, 5) is 38.0. The second kappa shape index (κ2) is 13.8. The van der Waals surface area contributed by atoms with Gasteiger partial charge in [-0.05, 0) is 60.7 Å². The Morgan fingerprint density at radius 1 is 1.07 bits per heavy atom. The van der Waals surface area contributed by atoms with Gasteiger partial charge in [0.25, 0.3) is 8.32 Å². The van der Waals surface area contributed by atoms with Crippen LogP contribution in [0.3, 0.4) is 0 Å². The topological polar surface area (TPSA) is 99.1 Å². The minimum Gasteiger partial charge on any atom is -0.543 e. The van der Waals surface area contributed by atoms with Crippen LogP contribution in [0.1, 0.15) is 73.2 Å². The standard InChI is InChI=1S/C33H42O7Si/c1-23-14-10-11-15-24-18-12-20-27(40-41(5,6)33(2,3)4)30(24)32(37)38-26(19-13-21-29(34)35)22-28(23)39-31(36)25-16-8-7-9-17-25/h7-13,16-18,20-21,23,26,28H,14-15,19,22H2,1-6H3,(H,34,35)/b11-10+,21-13+/t23-,26-,28+/m0/s1. The number of carboxylic acid groups (broad SMARTS) is 1. The molecular weight excluding hydrogens is 536 g/mol. The Morgan fingerprint density at radius 3 is 2.44 bits per heavy atom. The number of hydrogen-bond acceptors (Lipinski definition) is 6. The molecule has 0 saturated carbocycles. The van der Waals surface area contributed by atoms with Gasteiger partial charge in [-0.15, -0.1) is 0 Å². The Kier molecular flexibility index (Phi) is 10.7. The highest BCUT2D eigenvalue weighted by atomic mass is 28.4. The number of rotatable bonds is 7. The molecule has 1 aliphatic rings. The first-order chi connectivity index (χ1) is 19.3. The van der Waals surface area contributed by atoms with Gasteiger partial charge in [-0.3, -0.25) is 0 Å². The van der Waals surface area contributed by atoms with E-state index in [1.165, 1.54) is 6.08 Å². The number of carbonyl (C=O) groups excluding carboxylic acids is 2. The first-order valence-electron chi connectivity index (χ1n) is 14.1. The second-order valence-electron chi connectivity index (χ2n) is 12.1. The third-order valence-corrected chi connectivity index (χ3v) is 12.2. The van der Waals surface area contributed by atoms with Gasteiger partial charge in [0.05, 0.1) is 5.56 Å². The highest BCUT2D eigenvalue weighted by Crippen LogP contribution is 2.39. The Morgan fingerprint density at radius 2 is 1.78 bits per heavy atom. The van der Waals surface area contributed by atoms with E-state index in [0.29, 0.717) is 29.7 Å². The van der Waals surface area contributed by atoms with E-state index in [9.17, 15) is 14.4 Å². The summed E-state index contributed by atoms with van der Waals surface area (Å²) < 4.78 is 18.6. The number of ether oxygens (including phenoxy) is 2. The fraction of sp³-hybridized carbons (Fsp3) is 0.424. The monoisotopic (exact) mass is 578 g/mol. The van der Waals surface area contributed by atoms with Crippen molar-refractivity contribution in [2.45, 2.75) is 83.7 Å². The van der Waals surface area contributed by atoms with Gasteiger partial charge in [0.1, 0.15) is 23.5 Å². The van der Waals surface area contributed by atoms with Gasteiger partial charge >= 0.3 is 17.9 Å². The molecule has 2 aromatic rings. The van der Waals surface area contributed by atoms with Crippen molar-refractivity contribution >= 4 is 26.2 Å². The Bertz CT molecular complexity index is 1270. The molecule has 8 heteroatoms. The van der Waals surface area contributed by atoms with Crippen LogP contribution in [-0.4, -0.2) is 43.5 Å². The van der Waals surface area contributed by atoms with Crippen LogP contribution >= 0.6 is 0 Å². The van der Waals surface area contributed by atoms with Crippen molar-refractivity contribution in [2.24, 2.45) is 5.92 Å². The first kappa shape index (κ1) is 31.9. The molecule has 3 rings (SSSR count). The molecule has 0 amide bonds. The maximum atomic E-state index is 13.9. The predicted molar refractivity (Wildman–Crippen MR) is 162 cm³/mol. The molecule has 0 aliphatic carbocycles. The minimum atomic E-state index is -2.29. The number of benzene rings is 2. The summed E-state index contributed by atoms with van der Waals surface area (Å²) in [6.45, 7) is 12.7. The van der Waals surface area contributed by atoms with E-state index in [-0.39, 0.29) is 23.8 Å². The quantitative estimate of drug-likeness (QED) is 0.158. The molecule has 0 unspecified atom stereocenters. The zero-order valence-electron chi connectivity index (χ0n) is 24.9. The number of aliphatic carboxylic acids is 1. The van der Waals surface area contributed by atoms with Crippen LogP contribution in [0, 0.1) is 5.92 Å². The molecule has 1 N–H and O–H groups in total. The highest BCUT2D eigenvalue weighted by molar-refractivity contribution is 6.74. The third kappa shape index (κ3) is 8.92. The van der Waals surface area contributed by atoms with Crippen LogP contribution in [0.15, 0.2) is 72.8 Å². The molecule has 0 radical (unpaired) electrons. The Hall–Kier alpha value is -3.65. The zero-order valence-corrected chi connectivity index (χ0v) is 25.9. The summed E-state index contributed by atoms with van der Waals surface area (Å²) in [7, 11) is -2.29. The fourth-order valence-electron chi connectivity index (χ4n) is 4.32. The number of carbonyl (C=O) groups is 3. The van der Waals surface area contributed by atoms with E-state index in [0.717, 1.165) is 11.6 Å². The van der Waals surface area contributed by atoms with Gasteiger partial charge in [0.15, 0.2) is 0 Å². The molecule has 220 valence electrons. The molecule has 7 nitrogen and oxygen atoms in total. The average molecular weight is 579 g/mol. The normalized spacial score (nSPS) is 21.1. The third-order valence-electron chi connectivity index (χ3n) is 7.83. The van der Waals surface area contributed by atoms with E-state index >= 15 is 0 Å². The number of allylic oxidation sites excluding steroid dienone is 2. The summed E-state index contributed by atoms with van der Waals surface area (Å²) in [5.41, 5.74) is 1.60. The van der Waals surface area contributed by atoms with Gasteiger partial charge < -0.3 is 19.0 Å². The molecule has 1 aliphatic heterocycles. The average Bonchev–Trinajstić information content (AvgIpc) is 2.89. The Labute approximate surface area is 244 Å². The maximum absolute atomic E-state index is 13.9. The van der Waals surface area contributed by atoms with Crippen molar-refractivity contribution in [3.63, 3.8) is 0 Å². The molecule has 0 spiro atoms. The lowest BCUT2D eigenvalue weighted by Crippen LogP contribution is -2.44. The lowest BCUT2D eigenvalue weighted by Gasteiger charge is -2.37. The van der Waals surface area contributed by atoms with Crippen LogP contribution < -0.4 is 4.43 Å². The first-order valence-corrected chi connectivity index (χ1v) is 17.0. The van der Waals surface area contributed by atoms with Crippen molar-refractivity contribution in [1.82, 2.24) is 0 Å². The molecule has 1 heterocycles. The van der Waals surface area contributed by atoms with E-state index in [1.54, 1.807) is 24.3 Å². The van der Waals surface area contributed by atoms with E-state index in [4.69, 9.17) is 19.0 Å². The van der Waals surface area contributed by atoms with Gasteiger partial charge in [0.2, 0.25) is 0 Å². The van der Waals surface area contributed by atoms with Crippen molar-refractivity contribution in [1.29, 1.82) is 0 Å². The second-order valence-corrected chi connectivity index (χ2v) is 16.8. The van der Waals surface area contributed by atoms with Crippen LogP contribution in [0.5, 0.6) is 5.75 Å². The van der Waals surface area contributed by atoms with Crippen molar-refractivity contribution in [3.05, 3.63) is 89.5 Å². The molecule has 3 atom stereocenters.